The summed E-state index contributed by atoms with van der Waals surface area (Å²) in [5, 5.41) is 11.1. The van der Waals surface area contributed by atoms with Crippen molar-refractivity contribution in [3.63, 3.8) is 0 Å². The maximum atomic E-state index is 12.5. The molecule has 1 aromatic carbocycles. The van der Waals surface area contributed by atoms with Crippen molar-refractivity contribution in [3.8, 4) is 5.75 Å². The summed E-state index contributed by atoms with van der Waals surface area (Å²) in [6.45, 7) is 2.08. The standard InChI is InChI=1S/C17H20N2O3S/c20-9-13-5-7-19(8-6-13)17(21)14-1-3-16(4-2-14)22-10-15-11-23-12-18-15/h1-4,11-13,20H,5-10H2. The molecule has 23 heavy (non-hydrogen) atoms. The zero-order chi connectivity index (χ0) is 16.1. The first-order valence-electron chi connectivity index (χ1n) is 7.76. The molecule has 1 aromatic heterocycles. The summed E-state index contributed by atoms with van der Waals surface area (Å²) in [6.07, 6.45) is 1.74. The van der Waals surface area contributed by atoms with E-state index in [0.717, 1.165) is 24.3 Å². The van der Waals surface area contributed by atoms with Crippen molar-refractivity contribution in [2.45, 2.75) is 19.4 Å². The topological polar surface area (TPSA) is 62.7 Å². The third-order valence-electron chi connectivity index (χ3n) is 4.13. The molecule has 122 valence electrons. The lowest BCUT2D eigenvalue weighted by atomic mass is 9.97. The second kappa shape index (κ2) is 7.57. The summed E-state index contributed by atoms with van der Waals surface area (Å²) in [4.78, 5) is 18.5. The van der Waals surface area contributed by atoms with E-state index >= 15 is 0 Å². The van der Waals surface area contributed by atoms with Crippen molar-refractivity contribution < 1.29 is 14.6 Å². The number of carbonyl (C=O) groups is 1. The molecule has 1 saturated heterocycles. The molecule has 6 heteroatoms. The number of piperidine rings is 1. The fourth-order valence-electron chi connectivity index (χ4n) is 2.66. The van der Waals surface area contributed by atoms with E-state index in [2.05, 4.69) is 4.98 Å². The Hall–Kier alpha value is -1.92. The highest BCUT2D eigenvalue weighted by Crippen LogP contribution is 2.20. The highest BCUT2D eigenvalue weighted by Gasteiger charge is 2.23. The quantitative estimate of drug-likeness (QED) is 0.914. The van der Waals surface area contributed by atoms with Crippen LogP contribution >= 0.6 is 11.3 Å². The molecule has 1 fully saturated rings. The number of carbonyl (C=O) groups excluding carboxylic acids is 1. The number of hydrogen-bond acceptors (Lipinski definition) is 5. The number of ether oxygens (including phenoxy) is 1. The Morgan fingerprint density at radius 3 is 2.65 bits per heavy atom. The lowest BCUT2D eigenvalue weighted by molar-refractivity contribution is 0.0651. The Labute approximate surface area is 139 Å². The van der Waals surface area contributed by atoms with Crippen LogP contribution in [0.5, 0.6) is 5.75 Å². The molecular formula is C17H20N2O3S. The van der Waals surface area contributed by atoms with Gasteiger partial charge in [0.1, 0.15) is 12.4 Å². The normalized spacial score (nSPS) is 15.6. The molecule has 1 N–H and O–H groups in total. The van der Waals surface area contributed by atoms with E-state index in [-0.39, 0.29) is 12.5 Å². The molecule has 0 spiro atoms. The molecule has 5 nitrogen and oxygen atoms in total. The Bertz CT molecular complexity index is 620. The van der Waals surface area contributed by atoms with Gasteiger partial charge < -0.3 is 14.7 Å². The van der Waals surface area contributed by atoms with Crippen LogP contribution in [0.4, 0.5) is 0 Å². The lowest BCUT2D eigenvalue weighted by Gasteiger charge is -2.31. The van der Waals surface area contributed by atoms with Gasteiger partial charge in [-0.3, -0.25) is 4.79 Å². The SMILES string of the molecule is O=C(c1ccc(OCc2cscn2)cc1)N1CCC(CO)CC1. The second-order valence-corrected chi connectivity index (χ2v) is 6.43. The monoisotopic (exact) mass is 332 g/mol. The number of aliphatic hydroxyl groups is 1. The number of thiazole rings is 1. The third kappa shape index (κ3) is 4.09. The van der Waals surface area contributed by atoms with E-state index in [0.29, 0.717) is 31.2 Å². The van der Waals surface area contributed by atoms with Crippen LogP contribution in [0.15, 0.2) is 35.2 Å². The molecule has 0 unspecified atom stereocenters. The molecule has 3 rings (SSSR count). The zero-order valence-electron chi connectivity index (χ0n) is 12.9. The van der Waals surface area contributed by atoms with Gasteiger partial charge in [0.25, 0.3) is 5.91 Å². The van der Waals surface area contributed by atoms with Crippen LogP contribution in [0.2, 0.25) is 0 Å². The first-order chi connectivity index (χ1) is 11.3. The number of rotatable bonds is 5. The van der Waals surface area contributed by atoms with Gasteiger partial charge in [0.15, 0.2) is 0 Å². The summed E-state index contributed by atoms with van der Waals surface area (Å²) in [5.41, 5.74) is 3.36. The van der Waals surface area contributed by atoms with Gasteiger partial charge in [0.2, 0.25) is 0 Å². The summed E-state index contributed by atoms with van der Waals surface area (Å²) < 4.78 is 5.65. The molecule has 0 atom stereocenters. The number of aliphatic hydroxyl groups excluding tert-OH is 1. The molecule has 1 aliphatic heterocycles. The first kappa shape index (κ1) is 16.0. The van der Waals surface area contributed by atoms with Gasteiger partial charge in [-0.15, -0.1) is 11.3 Å². The second-order valence-electron chi connectivity index (χ2n) is 5.71. The van der Waals surface area contributed by atoms with Crippen molar-refractivity contribution in [2.75, 3.05) is 19.7 Å². The Morgan fingerprint density at radius 1 is 1.30 bits per heavy atom. The fourth-order valence-corrected chi connectivity index (χ4v) is 3.20. The highest BCUT2D eigenvalue weighted by atomic mass is 32.1. The molecule has 0 radical (unpaired) electrons. The zero-order valence-corrected chi connectivity index (χ0v) is 13.7. The number of nitrogens with zero attached hydrogens (tertiary/aromatic N) is 2. The summed E-state index contributed by atoms with van der Waals surface area (Å²) >= 11 is 1.54. The smallest absolute Gasteiger partial charge is 0.253 e. The summed E-state index contributed by atoms with van der Waals surface area (Å²) in [5.74, 6) is 1.11. The minimum Gasteiger partial charge on any atom is -0.487 e. The highest BCUT2D eigenvalue weighted by molar-refractivity contribution is 7.07. The van der Waals surface area contributed by atoms with Crippen molar-refractivity contribution in [1.29, 1.82) is 0 Å². The minimum atomic E-state index is 0.0486. The van der Waals surface area contributed by atoms with Gasteiger partial charge in [0.05, 0.1) is 11.2 Å². The predicted molar refractivity (Wildman–Crippen MR) is 88.6 cm³/mol. The molecule has 2 aromatic rings. The molecule has 2 heterocycles. The molecule has 0 bridgehead atoms. The Balaban J connectivity index is 1.55. The predicted octanol–water partition coefficient (Wildman–Crippen LogP) is 2.57. The van der Waals surface area contributed by atoms with Crippen LogP contribution in [0.3, 0.4) is 0 Å². The fraction of sp³-hybridized carbons (Fsp3) is 0.412. The summed E-state index contributed by atoms with van der Waals surface area (Å²) in [7, 11) is 0. The average molecular weight is 332 g/mol. The van der Waals surface area contributed by atoms with Crippen LogP contribution in [-0.4, -0.2) is 40.6 Å². The van der Waals surface area contributed by atoms with Crippen LogP contribution in [0.1, 0.15) is 28.9 Å². The maximum absolute atomic E-state index is 12.5. The van der Waals surface area contributed by atoms with E-state index in [4.69, 9.17) is 9.84 Å². The molecule has 1 aliphatic rings. The summed E-state index contributed by atoms with van der Waals surface area (Å²) in [6, 6.07) is 7.24. The molecule has 1 amide bonds. The first-order valence-corrected chi connectivity index (χ1v) is 8.70. The van der Waals surface area contributed by atoms with Gasteiger partial charge in [0, 0.05) is 30.6 Å². The van der Waals surface area contributed by atoms with Crippen LogP contribution in [-0.2, 0) is 6.61 Å². The number of benzene rings is 1. The van der Waals surface area contributed by atoms with E-state index < -0.39 is 0 Å². The molecule has 0 aliphatic carbocycles. The van der Waals surface area contributed by atoms with Gasteiger partial charge >= 0.3 is 0 Å². The molecule has 0 saturated carbocycles. The Kier molecular flexibility index (Phi) is 5.25. The average Bonchev–Trinajstić information content (AvgIpc) is 3.13. The number of hydrogen-bond donors (Lipinski definition) is 1. The van der Waals surface area contributed by atoms with Crippen LogP contribution in [0.25, 0.3) is 0 Å². The Morgan fingerprint density at radius 2 is 2.04 bits per heavy atom. The van der Waals surface area contributed by atoms with Crippen molar-refractivity contribution in [3.05, 3.63) is 46.4 Å². The van der Waals surface area contributed by atoms with Gasteiger partial charge in [-0.25, -0.2) is 4.98 Å². The van der Waals surface area contributed by atoms with Crippen molar-refractivity contribution >= 4 is 17.2 Å². The van der Waals surface area contributed by atoms with Crippen LogP contribution in [0, 0.1) is 5.92 Å². The third-order valence-corrected chi connectivity index (χ3v) is 4.77. The largest absolute Gasteiger partial charge is 0.487 e. The van der Waals surface area contributed by atoms with Gasteiger partial charge in [-0.05, 0) is 43.0 Å². The van der Waals surface area contributed by atoms with E-state index in [1.165, 1.54) is 0 Å². The van der Waals surface area contributed by atoms with E-state index in [9.17, 15) is 4.79 Å². The lowest BCUT2D eigenvalue weighted by Crippen LogP contribution is -2.39. The maximum Gasteiger partial charge on any atom is 0.253 e. The van der Waals surface area contributed by atoms with E-state index in [1.54, 1.807) is 29.0 Å². The van der Waals surface area contributed by atoms with Crippen molar-refractivity contribution in [1.82, 2.24) is 9.88 Å². The number of aromatic nitrogens is 1. The van der Waals surface area contributed by atoms with Crippen LogP contribution < -0.4 is 4.74 Å². The van der Waals surface area contributed by atoms with Gasteiger partial charge in [-0.2, -0.15) is 0 Å². The van der Waals surface area contributed by atoms with Crippen molar-refractivity contribution in [2.24, 2.45) is 5.92 Å². The number of likely N-dealkylation sites (tertiary alicyclic amines) is 1. The van der Waals surface area contributed by atoms with Gasteiger partial charge in [-0.1, -0.05) is 0 Å². The number of amides is 1. The van der Waals surface area contributed by atoms with E-state index in [1.807, 2.05) is 22.4 Å². The molecular weight excluding hydrogens is 312 g/mol. The minimum absolute atomic E-state index is 0.0486.